The van der Waals surface area contributed by atoms with Gasteiger partial charge >= 0.3 is 0 Å². The van der Waals surface area contributed by atoms with Crippen molar-refractivity contribution in [2.24, 2.45) is 5.92 Å². The third kappa shape index (κ3) is 2.90. The molecule has 0 aliphatic carbocycles. The van der Waals surface area contributed by atoms with Crippen LogP contribution >= 0.6 is 0 Å². The number of nitrogens with one attached hydrogen (secondary N) is 1. The van der Waals surface area contributed by atoms with Crippen molar-refractivity contribution in [2.75, 3.05) is 6.61 Å². The highest BCUT2D eigenvalue weighted by atomic mass is 16.5. The zero-order valence-electron chi connectivity index (χ0n) is 11.8. The van der Waals surface area contributed by atoms with Crippen molar-refractivity contribution in [3.8, 4) is 0 Å². The minimum atomic E-state index is 0.0502. The van der Waals surface area contributed by atoms with Crippen LogP contribution in [0, 0.1) is 5.92 Å². The van der Waals surface area contributed by atoms with E-state index in [1.807, 2.05) is 4.68 Å². The lowest BCUT2D eigenvalue weighted by Crippen LogP contribution is -2.47. The van der Waals surface area contributed by atoms with E-state index >= 15 is 0 Å². The van der Waals surface area contributed by atoms with Crippen LogP contribution in [0.2, 0.25) is 0 Å². The molecule has 18 heavy (non-hydrogen) atoms. The first kappa shape index (κ1) is 13.5. The van der Waals surface area contributed by atoms with Crippen molar-refractivity contribution in [1.82, 2.24) is 20.1 Å². The first-order chi connectivity index (χ1) is 8.51. The van der Waals surface area contributed by atoms with Crippen LogP contribution in [0.4, 0.5) is 0 Å². The number of aromatic nitrogens is 3. The Morgan fingerprint density at radius 3 is 3.00 bits per heavy atom. The maximum Gasteiger partial charge on any atom is 0.140 e. The molecule has 2 unspecified atom stereocenters. The summed E-state index contributed by atoms with van der Waals surface area (Å²) in [7, 11) is 0. The standard InChI is InChI=1S/C13H24N4O/c1-10(2)8-17-12(14-9-16-17)7-15-13(4)5-6-18-11(13)3/h9-11,15H,5-8H2,1-4H3. The van der Waals surface area contributed by atoms with Gasteiger partial charge in [-0.25, -0.2) is 9.67 Å². The van der Waals surface area contributed by atoms with E-state index in [2.05, 4.69) is 43.1 Å². The largest absolute Gasteiger partial charge is 0.377 e. The van der Waals surface area contributed by atoms with Crippen LogP contribution in [0.25, 0.3) is 0 Å². The number of ether oxygens (including phenoxy) is 1. The van der Waals surface area contributed by atoms with Crippen LogP contribution < -0.4 is 5.32 Å². The van der Waals surface area contributed by atoms with Gasteiger partial charge in [0.25, 0.3) is 0 Å². The second kappa shape index (κ2) is 5.36. The van der Waals surface area contributed by atoms with Gasteiger partial charge in [-0.15, -0.1) is 0 Å². The average molecular weight is 252 g/mol. The fraction of sp³-hybridized carbons (Fsp3) is 0.846. The van der Waals surface area contributed by atoms with Crippen molar-refractivity contribution < 1.29 is 4.74 Å². The lowest BCUT2D eigenvalue weighted by Gasteiger charge is -2.28. The summed E-state index contributed by atoms with van der Waals surface area (Å²) in [5, 5.41) is 7.85. The molecule has 1 aliphatic heterocycles. The van der Waals surface area contributed by atoms with Gasteiger partial charge < -0.3 is 10.1 Å². The molecule has 5 heteroatoms. The smallest absolute Gasteiger partial charge is 0.140 e. The van der Waals surface area contributed by atoms with Gasteiger partial charge in [0.15, 0.2) is 0 Å². The summed E-state index contributed by atoms with van der Waals surface area (Å²) in [5.41, 5.74) is 0.0502. The molecule has 1 saturated heterocycles. The molecule has 0 radical (unpaired) electrons. The first-order valence-corrected chi connectivity index (χ1v) is 6.74. The molecule has 5 nitrogen and oxygen atoms in total. The number of nitrogens with zero attached hydrogens (tertiary/aromatic N) is 3. The van der Waals surface area contributed by atoms with Crippen molar-refractivity contribution in [2.45, 2.75) is 58.8 Å². The fourth-order valence-corrected chi connectivity index (χ4v) is 2.27. The maximum atomic E-state index is 5.63. The molecular weight excluding hydrogens is 228 g/mol. The molecule has 2 rings (SSSR count). The van der Waals surface area contributed by atoms with E-state index in [1.165, 1.54) is 0 Å². The first-order valence-electron chi connectivity index (χ1n) is 6.74. The van der Waals surface area contributed by atoms with Gasteiger partial charge in [-0.2, -0.15) is 5.10 Å². The Labute approximate surface area is 109 Å². The quantitative estimate of drug-likeness (QED) is 0.864. The average Bonchev–Trinajstić information content (AvgIpc) is 2.85. The van der Waals surface area contributed by atoms with Crippen LogP contribution in [0.15, 0.2) is 6.33 Å². The Kier molecular flexibility index (Phi) is 4.02. The minimum absolute atomic E-state index is 0.0502. The van der Waals surface area contributed by atoms with E-state index in [9.17, 15) is 0 Å². The van der Waals surface area contributed by atoms with Gasteiger partial charge in [0.05, 0.1) is 12.6 Å². The third-order valence-corrected chi connectivity index (χ3v) is 3.77. The van der Waals surface area contributed by atoms with E-state index in [-0.39, 0.29) is 11.6 Å². The number of hydrogen-bond acceptors (Lipinski definition) is 4. The molecule has 1 aliphatic rings. The molecule has 2 heterocycles. The van der Waals surface area contributed by atoms with Crippen molar-refractivity contribution in [3.05, 3.63) is 12.2 Å². The zero-order valence-corrected chi connectivity index (χ0v) is 11.8. The normalized spacial score (nSPS) is 28.2. The van der Waals surface area contributed by atoms with E-state index in [4.69, 9.17) is 4.74 Å². The molecule has 0 aromatic carbocycles. The summed E-state index contributed by atoms with van der Waals surface area (Å²) in [4.78, 5) is 4.33. The van der Waals surface area contributed by atoms with Crippen molar-refractivity contribution in [1.29, 1.82) is 0 Å². The molecule has 102 valence electrons. The molecule has 0 amide bonds. The van der Waals surface area contributed by atoms with E-state index < -0.39 is 0 Å². The van der Waals surface area contributed by atoms with Crippen LogP contribution in [0.3, 0.4) is 0 Å². The zero-order chi connectivity index (χ0) is 13.2. The highest BCUT2D eigenvalue weighted by molar-refractivity contribution is 4.96. The SMILES string of the molecule is CC(C)Cn1ncnc1CNC1(C)CCOC1C. The Morgan fingerprint density at radius 1 is 1.61 bits per heavy atom. The fourth-order valence-electron chi connectivity index (χ4n) is 2.27. The molecule has 0 saturated carbocycles. The molecule has 1 aromatic rings. The highest BCUT2D eigenvalue weighted by Gasteiger charge is 2.36. The third-order valence-electron chi connectivity index (χ3n) is 3.77. The lowest BCUT2D eigenvalue weighted by atomic mass is 9.95. The van der Waals surface area contributed by atoms with Gasteiger partial charge in [-0.3, -0.25) is 0 Å². The van der Waals surface area contributed by atoms with Crippen LogP contribution in [-0.4, -0.2) is 33.0 Å². The minimum Gasteiger partial charge on any atom is -0.377 e. The summed E-state index contributed by atoms with van der Waals surface area (Å²) in [6.07, 6.45) is 2.93. The van der Waals surface area contributed by atoms with Gasteiger partial charge in [0.2, 0.25) is 0 Å². The molecule has 1 aromatic heterocycles. The van der Waals surface area contributed by atoms with Crippen molar-refractivity contribution >= 4 is 0 Å². The number of rotatable bonds is 5. The van der Waals surface area contributed by atoms with E-state index in [1.54, 1.807) is 6.33 Å². The molecule has 0 bridgehead atoms. The molecule has 2 atom stereocenters. The molecule has 1 fully saturated rings. The highest BCUT2D eigenvalue weighted by Crippen LogP contribution is 2.25. The molecule has 0 spiro atoms. The number of hydrogen-bond donors (Lipinski definition) is 1. The van der Waals surface area contributed by atoms with Gasteiger partial charge in [0.1, 0.15) is 12.2 Å². The topological polar surface area (TPSA) is 52.0 Å². The Bertz CT molecular complexity index is 390. The summed E-state index contributed by atoms with van der Waals surface area (Å²) in [6, 6.07) is 0. The monoisotopic (exact) mass is 252 g/mol. The van der Waals surface area contributed by atoms with Crippen molar-refractivity contribution in [3.63, 3.8) is 0 Å². The molecule has 1 N–H and O–H groups in total. The second-order valence-corrected chi connectivity index (χ2v) is 5.79. The van der Waals surface area contributed by atoms with E-state index in [0.717, 1.165) is 31.9 Å². The van der Waals surface area contributed by atoms with Crippen LogP contribution in [-0.2, 0) is 17.8 Å². The van der Waals surface area contributed by atoms with Gasteiger partial charge in [-0.05, 0) is 26.2 Å². The predicted octanol–water partition coefficient (Wildman–Crippen LogP) is 1.59. The van der Waals surface area contributed by atoms with Gasteiger partial charge in [0, 0.05) is 18.7 Å². The second-order valence-electron chi connectivity index (χ2n) is 5.79. The Morgan fingerprint density at radius 2 is 2.39 bits per heavy atom. The lowest BCUT2D eigenvalue weighted by molar-refractivity contribution is 0.0877. The summed E-state index contributed by atoms with van der Waals surface area (Å²) < 4.78 is 7.62. The summed E-state index contributed by atoms with van der Waals surface area (Å²) in [5.74, 6) is 1.58. The Hall–Kier alpha value is -0.940. The van der Waals surface area contributed by atoms with E-state index in [0.29, 0.717) is 5.92 Å². The molecular formula is C13H24N4O. The van der Waals surface area contributed by atoms with Crippen LogP contribution in [0.5, 0.6) is 0 Å². The predicted molar refractivity (Wildman–Crippen MR) is 70.1 cm³/mol. The maximum absolute atomic E-state index is 5.63. The summed E-state index contributed by atoms with van der Waals surface area (Å²) >= 11 is 0. The van der Waals surface area contributed by atoms with Gasteiger partial charge in [-0.1, -0.05) is 13.8 Å². The van der Waals surface area contributed by atoms with Crippen LogP contribution in [0.1, 0.15) is 39.9 Å². The summed E-state index contributed by atoms with van der Waals surface area (Å²) in [6.45, 7) is 11.2. The Balaban J connectivity index is 1.96.